The Morgan fingerprint density at radius 2 is 2.00 bits per heavy atom. The molecule has 4 nitrogen and oxygen atoms in total. The van der Waals surface area contributed by atoms with Gasteiger partial charge in [-0.05, 0) is 30.3 Å². The normalized spacial score (nSPS) is 13.3. The number of ketones is 1. The number of aromatic nitrogens is 1. The van der Waals surface area contributed by atoms with E-state index in [-0.39, 0.29) is 0 Å². The molecule has 1 N–H and O–H groups in total. The standard InChI is InChI=1S/C13H7ClN2O2S/c14-7-1-4-11(15-6-7)19-8-2-3-9-10(5-8)16-13(18)12(9)17/h1-6H,(H,16,17,18). The molecule has 1 amide bonds. The van der Waals surface area contributed by atoms with Crippen LogP contribution in [-0.2, 0) is 4.79 Å². The van der Waals surface area contributed by atoms with Crippen molar-refractivity contribution < 1.29 is 9.59 Å². The number of carbonyl (C=O) groups excluding carboxylic acids is 2. The SMILES string of the molecule is O=C1Nc2cc(Sc3ccc(Cl)cn3)ccc2C1=O. The van der Waals surface area contributed by atoms with Crippen molar-refractivity contribution in [3.8, 4) is 0 Å². The molecule has 19 heavy (non-hydrogen) atoms. The van der Waals surface area contributed by atoms with Gasteiger partial charge in [0.05, 0.1) is 16.3 Å². The molecule has 0 radical (unpaired) electrons. The summed E-state index contributed by atoms with van der Waals surface area (Å²) >= 11 is 7.20. The molecular formula is C13H7ClN2O2S. The lowest BCUT2D eigenvalue weighted by Crippen LogP contribution is -2.12. The average molecular weight is 291 g/mol. The van der Waals surface area contributed by atoms with Gasteiger partial charge in [0, 0.05) is 11.1 Å². The van der Waals surface area contributed by atoms with E-state index in [2.05, 4.69) is 10.3 Å². The second-order valence-corrected chi connectivity index (χ2v) is 5.44. The number of anilines is 1. The van der Waals surface area contributed by atoms with Crippen LogP contribution in [0.1, 0.15) is 10.4 Å². The number of pyridine rings is 1. The minimum atomic E-state index is -0.582. The Labute approximate surface area is 118 Å². The van der Waals surface area contributed by atoms with Gasteiger partial charge in [0.15, 0.2) is 0 Å². The maximum absolute atomic E-state index is 11.5. The van der Waals surface area contributed by atoms with Gasteiger partial charge in [-0.25, -0.2) is 4.98 Å². The summed E-state index contributed by atoms with van der Waals surface area (Å²) in [5, 5.41) is 3.91. The molecule has 1 aromatic carbocycles. The molecule has 0 saturated carbocycles. The summed E-state index contributed by atoms with van der Waals surface area (Å²) in [4.78, 5) is 27.8. The monoisotopic (exact) mass is 290 g/mol. The fourth-order valence-electron chi connectivity index (χ4n) is 1.73. The number of halogens is 1. The minimum absolute atomic E-state index is 0.415. The molecule has 0 fully saturated rings. The van der Waals surface area contributed by atoms with Gasteiger partial charge in [-0.3, -0.25) is 9.59 Å². The van der Waals surface area contributed by atoms with E-state index in [1.165, 1.54) is 11.8 Å². The van der Waals surface area contributed by atoms with Crippen LogP contribution in [0.2, 0.25) is 5.02 Å². The van der Waals surface area contributed by atoms with Crippen LogP contribution in [0.25, 0.3) is 0 Å². The van der Waals surface area contributed by atoms with Gasteiger partial charge in [0.25, 0.3) is 11.7 Å². The third-order valence-corrected chi connectivity index (χ3v) is 3.78. The lowest BCUT2D eigenvalue weighted by atomic mass is 10.1. The highest BCUT2D eigenvalue weighted by Gasteiger charge is 2.27. The summed E-state index contributed by atoms with van der Waals surface area (Å²) in [5.41, 5.74) is 0.965. The van der Waals surface area contributed by atoms with Gasteiger partial charge in [0.1, 0.15) is 5.03 Å². The molecule has 1 aliphatic rings. The molecular weight excluding hydrogens is 284 g/mol. The lowest BCUT2D eigenvalue weighted by molar-refractivity contribution is -0.112. The number of fused-ring (bicyclic) bond motifs is 1. The molecule has 0 saturated heterocycles. The average Bonchev–Trinajstić information content (AvgIpc) is 2.68. The van der Waals surface area contributed by atoms with E-state index in [1.807, 2.05) is 6.07 Å². The second kappa shape index (κ2) is 4.68. The van der Waals surface area contributed by atoms with Crippen molar-refractivity contribution in [3.63, 3.8) is 0 Å². The first-order chi connectivity index (χ1) is 9.13. The van der Waals surface area contributed by atoms with E-state index in [1.54, 1.807) is 30.5 Å². The highest BCUT2D eigenvalue weighted by molar-refractivity contribution is 7.99. The summed E-state index contributed by atoms with van der Waals surface area (Å²) in [6.45, 7) is 0. The van der Waals surface area contributed by atoms with Crippen LogP contribution in [0.5, 0.6) is 0 Å². The Morgan fingerprint density at radius 1 is 1.16 bits per heavy atom. The maximum atomic E-state index is 11.5. The zero-order valence-corrected chi connectivity index (χ0v) is 11.1. The highest BCUT2D eigenvalue weighted by Crippen LogP contribution is 2.32. The number of benzene rings is 1. The van der Waals surface area contributed by atoms with Crippen molar-refractivity contribution in [3.05, 3.63) is 47.1 Å². The van der Waals surface area contributed by atoms with E-state index in [9.17, 15) is 9.59 Å². The molecule has 3 rings (SSSR count). The van der Waals surface area contributed by atoms with Gasteiger partial charge in [-0.15, -0.1) is 0 Å². The fraction of sp³-hybridized carbons (Fsp3) is 0. The largest absolute Gasteiger partial charge is 0.318 e. The molecule has 6 heteroatoms. The molecule has 0 bridgehead atoms. The Kier molecular flexibility index (Phi) is 3.00. The zero-order chi connectivity index (χ0) is 13.4. The third kappa shape index (κ3) is 2.34. The third-order valence-electron chi connectivity index (χ3n) is 2.61. The zero-order valence-electron chi connectivity index (χ0n) is 9.51. The molecule has 1 aromatic heterocycles. The van der Waals surface area contributed by atoms with Crippen molar-refractivity contribution in [2.75, 3.05) is 5.32 Å². The van der Waals surface area contributed by atoms with E-state index < -0.39 is 11.7 Å². The van der Waals surface area contributed by atoms with Gasteiger partial charge in [0.2, 0.25) is 0 Å². The number of nitrogens with one attached hydrogen (secondary N) is 1. The summed E-state index contributed by atoms with van der Waals surface area (Å²) in [6.07, 6.45) is 1.57. The Balaban J connectivity index is 1.88. The predicted octanol–water partition coefficient (Wildman–Crippen LogP) is 3.02. The second-order valence-electron chi connectivity index (χ2n) is 3.91. The molecule has 0 unspecified atom stereocenters. The number of Topliss-reactive ketones (excluding diaryl/α,β-unsaturated/α-hetero) is 1. The van der Waals surface area contributed by atoms with Crippen LogP contribution in [0.4, 0.5) is 5.69 Å². The lowest BCUT2D eigenvalue weighted by Gasteiger charge is -2.03. The van der Waals surface area contributed by atoms with Crippen molar-refractivity contribution >= 4 is 40.7 Å². The van der Waals surface area contributed by atoms with E-state index >= 15 is 0 Å². The highest BCUT2D eigenvalue weighted by atomic mass is 35.5. The number of rotatable bonds is 2. The summed E-state index contributed by atoms with van der Waals surface area (Å²) in [5.74, 6) is -1.07. The Morgan fingerprint density at radius 3 is 2.74 bits per heavy atom. The first-order valence-electron chi connectivity index (χ1n) is 5.42. The topological polar surface area (TPSA) is 59.1 Å². The van der Waals surface area contributed by atoms with E-state index in [0.29, 0.717) is 16.3 Å². The number of amides is 1. The number of nitrogens with zero attached hydrogens (tertiary/aromatic N) is 1. The van der Waals surface area contributed by atoms with Gasteiger partial charge in [-0.1, -0.05) is 23.4 Å². The number of hydrogen-bond donors (Lipinski definition) is 1. The van der Waals surface area contributed by atoms with Crippen LogP contribution in [0.3, 0.4) is 0 Å². The first kappa shape index (κ1) is 12.2. The van der Waals surface area contributed by atoms with Crippen LogP contribution in [-0.4, -0.2) is 16.7 Å². The van der Waals surface area contributed by atoms with Gasteiger partial charge in [-0.2, -0.15) is 0 Å². The van der Waals surface area contributed by atoms with Crippen molar-refractivity contribution in [2.45, 2.75) is 9.92 Å². The Bertz CT molecular complexity index is 686. The van der Waals surface area contributed by atoms with Crippen molar-refractivity contribution in [1.82, 2.24) is 4.98 Å². The van der Waals surface area contributed by atoms with E-state index in [0.717, 1.165) is 9.92 Å². The van der Waals surface area contributed by atoms with Gasteiger partial charge < -0.3 is 5.32 Å². The van der Waals surface area contributed by atoms with Crippen LogP contribution >= 0.6 is 23.4 Å². The summed E-state index contributed by atoms with van der Waals surface area (Å²) in [7, 11) is 0. The van der Waals surface area contributed by atoms with Crippen LogP contribution in [0.15, 0.2) is 46.5 Å². The first-order valence-corrected chi connectivity index (χ1v) is 6.62. The summed E-state index contributed by atoms with van der Waals surface area (Å²) < 4.78 is 0. The maximum Gasteiger partial charge on any atom is 0.296 e. The van der Waals surface area contributed by atoms with Crippen LogP contribution in [0, 0.1) is 0 Å². The molecule has 2 heterocycles. The molecule has 1 aliphatic heterocycles. The molecule has 94 valence electrons. The summed E-state index contributed by atoms with van der Waals surface area (Å²) in [6, 6.07) is 8.77. The van der Waals surface area contributed by atoms with E-state index in [4.69, 9.17) is 11.6 Å². The molecule has 0 aliphatic carbocycles. The van der Waals surface area contributed by atoms with Crippen LogP contribution < -0.4 is 5.32 Å². The number of carbonyl (C=O) groups is 2. The van der Waals surface area contributed by atoms with Crippen molar-refractivity contribution in [2.24, 2.45) is 0 Å². The van der Waals surface area contributed by atoms with Gasteiger partial charge >= 0.3 is 0 Å². The molecule has 0 spiro atoms. The minimum Gasteiger partial charge on any atom is -0.318 e. The molecule has 2 aromatic rings. The fourth-order valence-corrected chi connectivity index (χ4v) is 2.64. The number of hydrogen-bond acceptors (Lipinski definition) is 4. The van der Waals surface area contributed by atoms with Crippen molar-refractivity contribution in [1.29, 1.82) is 0 Å². The molecule has 0 atom stereocenters. The smallest absolute Gasteiger partial charge is 0.296 e. The quantitative estimate of drug-likeness (QED) is 0.864. The Hall–Kier alpha value is -1.85. The predicted molar refractivity (Wildman–Crippen MR) is 72.8 cm³/mol.